The molecule has 0 fully saturated rings. The second-order valence-corrected chi connectivity index (χ2v) is 2.92. The minimum Gasteiger partial charge on any atom is -0.399 e. The van der Waals surface area contributed by atoms with Crippen molar-refractivity contribution < 1.29 is 0 Å². The molecule has 70 valence electrons. The van der Waals surface area contributed by atoms with Crippen molar-refractivity contribution in [3.8, 4) is 0 Å². The molecule has 1 aromatic rings. The van der Waals surface area contributed by atoms with Crippen LogP contribution in [0.15, 0.2) is 29.3 Å². The maximum absolute atomic E-state index is 5.59. The zero-order valence-electron chi connectivity index (χ0n) is 8.28. The predicted molar refractivity (Wildman–Crippen MR) is 58.3 cm³/mol. The highest BCUT2D eigenvalue weighted by molar-refractivity contribution is 5.95. The molecule has 0 aromatic heterocycles. The molecular formula is C10H15N3. The third-order valence-corrected chi connectivity index (χ3v) is 2.09. The topological polar surface area (TPSA) is 41.6 Å². The van der Waals surface area contributed by atoms with E-state index in [0.29, 0.717) is 0 Å². The van der Waals surface area contributed by atoms with Crippen molar-refractivity contribution in [2.45, 2.75) is 6.92 Å². The minimum absolute atomic E-state index is 0.781. The average Bonchev–Trinajstić information content (AvgIpc) is 2.17. The molecule has 0 aliphatic rings. The summed E-state index contributed by atoms with van der Waals surface area (Å²) in [6.07, 6.45) is 0. The van der Waals surface area contributed by atoms with E-state index < -0.39 is 0 Å². The second kappa shape index (κ2) is 3.94. The van der Waals surface area contributed by atoms with E-state index in [-0.39, 0.29) is 0 Å². The lowest BCUT2D eigenvalue weighted by molar-refractivity contribution is 1.22. The van der Waals surface area contributed by atoms with E-state index in [4.69, 9.17) is 5.73 Å². The van der Waals surface area contributed by atoms with Gasteiger partial charge in [0.25, 0.3) is 0 Å². The predicted octanol–water partition coefficient (Wildman–Crippen LogP) is 1.75. The monoisotopic (exact) mass is 177 g/mol. The second-order valence-electron chi connectivity index (χ2n) is 2.92. The summed E-state index contributed by atoms with van der Waals surface area (Å²) in [4.78, 5) is 6.11. The highest BCUT2D eigenvalue weighted by atomic mass is 15.2. The highest BCUT2D eigenvalue weighted by Crippen LogP contribution is 2.14. The lowest BCUT2D eigenvalue weighted by Crippen LogP contribution is -2.23. The number of aliphatic imine (C=N–C) groups is 1. The summed E-state index contributed by atoms with van der Waals surface area (Å²) in [5.41, 5.74) is 7.46. The number of rotatable bonds is 1. The van der Waals surface area contributed by atoms with Crippen LogP contribution in [0, 0.1) is 0 Å². The molecule has 0 bridgehead atoms. The fourth-order valence-corrected chi connectivity index (χ4v) is 1.03. The normalized spacial score (nSPS) is 11.5. The van der Waals surface area contributed by atoms with E-state index in [1.165, 1.54) is 0 Å². The van der Waals surface area contributed by atoms with E-state index in [1.54, 1.807) is 7.05 Å². The third-order valence-electron chi connectivity index (χ3n) is 2.09. The van der Waals surface area contributed by atoms with Crippen molar-refractivity contribution in [3.05, 3.63) is 24.3 Å². The van der Waals surface area contributed by atoms with Gasteiger partial charge in [-0.2, -0.15) is 0 Å². The molecule has 13 heavy (non-hydrogen) atoms. The molecule has 0 aliphatic heterocycles. The molecule has 1 rings (SSSR count). The molecule has 0 atom stereocenters. The lowest BCUT2D eigenvalue weighted by Gasteiger charge is -2.18. The molecule has 0 unspecified atom stereocenters. The summed E-state index contributed by atoms with van der Waals surface area (Å²) >= 11 is 0. The first-order valence-corrected chi connectivity index (χ1v) is 4.18. The van der Waals surface area contributed by atoms with E-state index in [0.717, 1.165) is 17.2 Å². The number of hydrogen-bond acceptors (Lipinski definition) is 2. The molecule has 2 N–H and O–H groups in total. The van der Waals surface area contributed by atoms with Gasteiger partial charge < -0.3 is 10.6 Å². The van der Waals surface area contributed by atoms with E-state index >= 15 is 0 Å². The third kappa shape index (κ3) is 2.21. The lowest BCUT2D eigenvalue weighted by atomic mass is 10.2. The Labute approximate surface area is 78.9 Å². The molecule has 3 heteroatoms. The van der Waals surface area contributed by atoms with Gasteiger partial charge in [-0.05, 0) is 31.2 Å². The fraction of sp³-hybridized carbons (Fsp3) is 0.300. The summed E-state index contributed by atoms with van der Waals surface area (Å²) in [5.74, 6) is 0.977. The van der Waals surface area contributed by atoms with Crippen LogP contribution in [0.1, 0.15) is 6.92 Å². The number of nitrogens with two attached hydrogens (primary N) is 1. The summed E-state index contributed by atoms with van der Waals surface area (Å²) in [7, 11) is 3.76. The first kappa shape index (κ1) is 9.58. The van der Waals surface area contributed by atoms with Gasteiger partial charge in [0.15, 0.2) is 0 Å². The number of benzene rings is 1. The van der Waals surface area contributed by atoms with Gasteiger partial charge in [0.05, 0.1) is 5.84 Å². The van der Waals surface area contributed by atoms with Gasteiger partial charge >= 0.3 is 0 Å². The zero-order chi connectivity index (χ0) is 9.84. The van der Waals surface area contributed by atoms with Crippen molar-refractivity contribution >= 4 is 17.2 Å². The van der Waals surface area contributed by atoms with Gasteiger partial charge in [-0.15, -0.1) is 0 Å². The standard InChI is InChI=1S/C10H15N3/c1-8(12-2)13(3)10-6-4-9(11)5-7-10/h4-7H,11H2,1-3H3. The molecule has 0 amide bonds. The van der Waals surface area contributed by atoms with Crippen molar-refractivity contribution in [2.75, 3.05) is 24.7 Å². The molecule has 0 radical (unpaired) electrons. The van der Waals surface area contributed by atoms with Crippen molar-refractivity contribution in [2.24, 2.45) is 4.99 Å². The van der Waals surface area contributed by atoms with Crippen LogP contribution in [0.5, 0.6) is 0 Å². The number of nitrogens with zero attached hydrogens (tertiary/aromatic N) is 2. The van der Waals surface area contributed by atoms with E-state index in [9.17, 15) is 0 Å². The van der Waals surface area contributed by atoms with Crippen LogP contribution in [0.25, 0.3) is 0 Å². The summed E-state index contributed by atoms with van der Waals surface area (Å²) in [5, 5.41) is 0. The molecule has 0 aliphatic carbocycles. The van der Waals surface area contributed by atoms with Gasteiger partial charge in [-0.25, -0.2) is 0 Å². The molecule has 0 saturated heterocycles. The van der Waals surface area contributed by atoms with Crippen LogP contribution < -0.4 is 10.6 Å². The maximum Gasteiger partial charge on any atom is 0.0995 e. The molecule has 3 nitrogen and oxygen atoms in total. The van der Waals surface area contributed by atoms with Crippen LogP contribution in [-0.4, -0.2) is 19.9 Å². The smallest absolute Gasteiger partial charge is 0.0995 e. The van der Waals surface area contributed by atoms with E-state index in [2.05, 4.69) is 4.99 Å². The average molecular weight is 177 g/mol. The summed E-state index contributed by atoms with van der Waals surface area (Å²) < 4.78 is 0. The molecular weight excluding hydrogens is 162 g/mol. The van der Waals surface area contributed by atoms with Crippen molar-refractivity contribution in [1.29, 1.82) is 0 Å². The fourth-order valence-electron chi connectivity index (χ4n) is 1.03. The van der Waals surface area contributed by atoms with Crippen LogP contribution in [0.4, 0.5) is 11.4 Å². The Morgan fingerprint density at radius 3 is 2.31 bits per heavy atom. The quantitative estimate of drug-likeness (QED) is 0.403. The van der Waals surface area contributed by atoms with Gasteiger partial charge in [-0.3, -0.25) is 4.99 Å². The van der Waals surface area contributed by atoms with Gasteiger partial charge in [0.1, 0.15) is 0 Å². The van der Waals surface area contributed by atoms with Gasteiger partial charge in [-0.1, -0.05) is 0 Å². The van der Waals surface area contributed by atoms with Crippen LogP contribution in [-0.2, 0) is 0 Å². The largest absolute Gasteiger partial charge is 0.399 e. The number of nitrogen functional groups attached to an aromatic ring is 1. The maximum atomic E-state index is 5.59. The Kier molecular flexibility index (Phi) is 2.90. The summed E-state index contributed by atoms with van der Waals surface area (Å²) in [6, 6.07) is 7.72. The molecule has 0 heterocycles. The Morgan fingerprint density at radius 1 is 1.31 bits per heavy atom. The van der Waals surface area contributed by atoms with Crippen LogP contribution in [0.2, 0.25) is 0 Å². The Bertz CT molecular complexity index is 300. The number of amidine groups is 1. The Morgan fingerprint density at radius 2 is 1.85 bits per heavy atom. The SMILES string of the molecule is CN=C(C)N(C)c1ccc(N)cc1. The highest BCUT2D eigenvalue weighted by Gasteiger charge is 2.01. The summed E-state index contributed by atoms with van der Waals surface area (Å²) in [6.45, 7) is 1.97. The number of hydrogen-bond donors (Lipinski definition) is 1. The van der Waals surface area contributed by atoms with Crippen LogP contribution in [0.3, 0.4) is 0 Å². The zero-order valence-corrected chi connectivity index (χ0v) is 8.28. The Balaban J connectivity index is 2.89. The first-order valence-electron chi connectivity index (χ1n) is 4.18. The first-order chi connectivity index (χ1) is 6.15. The minimum atomic E-state index is 0.781. The molecule has 0 saturated carbocycles. The van der Waals surface area contributed by atoms with Crippen molar-refractivity contribution in [1.82, 2.24) is 0 Å². The van der Waals surface area contributed by atoms with Gasteiger partial charge in [0, 0.05) is 25.5 Å². The van der Waals surface area contributed by atoms with Crippen molar-refractivity contribution in [3.63, 3.8) is 0 Å². The molecule has 1 aromatic carbocycles. The van der Waals surface area contributed by atoms with Crippen LogP contribution >= 0.6 is 0 Å². The van der Waals surface area contributed by atoms with Gasteiger partial charge in [0.2, 0.25) is 0 Å². The Hall–Kier alpha value is -1.51. The molecule has 0 spiro atoms. The van der Waals surface area contributed by atoms with E-state index in [1.807, 2.05) is 43.1 Å². The number of anilines is 2.